The maximum atomic E-state index is 4.69. The number of halogens is 1. The molecule has 112 valence electrons. The van der Waals surface area contributed by atoms with Gasteiger partial charge in [0.25, 0.3) is 0 Å². The SMILES string of the molecule is CCNC(=NCC(C)c1ccc(C)cc1)NC1CC1.I. The van der Waals surface area contributed by atoms with Crippen LogP contribution >= 0.6 is 24.0 Å². The number of nitrogens with one attached hydrogen (secondary N) is 2. The van der Waals surface area contributed by atoms with Crippen molar-refractivity contribution in [2.24, 2.45) is 4.99 Å². The summed E-state index contributed by atoms with van der Waals surface area (Å²) in [6, 6.07) is 9.40. The predicted octanol–water partition coefficient (Wildman–Crippen LogP) is 3.43. The zero-order valence-electron chi connectivity index (χ0n) is 12.6. The summed E-state index contributed by atoms with van der Waals surface area (Å²) < 4.78 is 0. The molecule has 1 atom stereocenters. The van der Waals surface area contributed by atoms with Crippen LogP contribution in [-0.2, 0) is 0 Å². The topological polar surface area (TPSA) is 36.4 Å². The number of hydrogen-bond donors (Lipinski definition) is 2. The lowest BCUT2D eigenvalue weighted by molar-refractivity contribution is 0.747. The fourth-order valence-electron chi connectivity index (χ4n) is 1.97. The smallest absolute Gasteiger partial charge is 0.191 e. The minimum atomic E-state index is 0. The molecule has 0 bridgehead atoms. The number of rotatable bonds is 5. The summed E-state index contributed by atoms with van der Waals surface area (Å²) in [5, 5.41) is 6.76. The van der Waals surface area contributed by atoms with E-state index in [1.807, 2.05) is 0 Å². The molecule has 2 N–H and O–H groups in total. The summed E-state index contributed by atoms with van der Waals surface area (Å²) in [6.45, 7) is 8.19. The second kappa shape index (κ2) is 8.49. The van der Waals surface area contributed by atoms with E-state index in [1.54, 1.807) is 0 Å². The highest BCUT2D eigenvalue weighted by molar-refractivity contribution is 14.0. The van der Waals surface area contributed by atoms with Gasteiger partial charge in [0.1, 0.15) is 0 Å². The van der Waals surface area contributed by atoms with Gasteiger partial charge < -0.3 is 10.6 Å². The number of hydrogen-bond acceptors (Lipinski definition) is 1. The van der Waals surface area contributed by atoms with Gasteiger partial charge in [-0.3, -0.25) is 4.99 Å². The van der Waals surface area contributed by atoms with Crippen LogP contribution in [0.3, 0.4) is 0 Å². The monoisotopic (exact) mass is 387 g/mol. The molecular formula is C16H26IN3. The van der Waals surface area contributed by atoms with Gasteiger partial charge in [-0.25, -0.2) is 0 Å². The second-order valence-electron chi connectivity index (χ2n) is 5.45. The molecule has 4 heteroatoms. The van der Waals surface area contributed by atoms with E-state index in [4.69, 9.17) is 0 Å². The molecule has 0 saturated heterocycles. The van der Waals surface area contributed by atoms with Gasteiger partial charge in [0.2, 0.25) is 0 Å². The average molecular weight is 387 g/mol. The lowest BCUT2D eigenvalue weighted by Crippen LogP contribution is -2.38. The number of benzene rings is 1. The van der Waals surface area contributed by atoms with Crippen molar-refractivity contribution >= 4 is 29.9 Å². The summed E-state index contributed by atoms with van der Waals surface area (Å²) in [5.74, 6) is 1.42. The Morgan fingerprint density at radius 1 is 1.30 bits per heavy atom. The molecule has 1 saturated carbocycles. The first-order valence-electron chi connectivity index (χ1n) is 7.30. The highest BCUT2D eigenvalue weighted by atomic mass is 127. The highest BCUT2D eigenvalue weighted by Gasteiger charge is 2.22. The normalized spacial score (nSPS) is 16.2. The Morgan fingerprint density at radius 2 is 1.95 bits per heavy atom. The van der Waals surface area contributed by atoms with Gasteiger partial charge in [0.05, 0.1) is 0 Å². The van der Waals surface area contributed by atoms with E-state index in [1.165, 1.54) is 24.0 Å². The molecule has 20 heavy (non-hydrogen) atoms. The molecular weight excluding hydrogens is 361 g/mol. The van der Waals surface area contributed by atoms with Crippen LogP contribution in [0.5, 0.6) is 0 Å². The molecule has 0 amide bonds. The van der Waals surface area contributed by atoms with Crippen LogP contribution in [0.1, 0.15) is 43.7 Å². The second-order valence-corrected chi connectivity index (χ2v) is 5.45. The van der Waals surface area contributed by atoms with Gasteiger partial charge in [-0.1, -0.05) is 36.8 Å². The predicted molar refractivity (Wildman–Crippen MR) is 97.1 cm³/mol. The van der Waals surface area contributed by atoms with Crippen molar-refractivity contribution in [2.45, 2.75) is 45.6 Å². The minimum absolute atomic E-state index is 0. The standard InChI is InChI=1S/C16H25N3.HI/c1-4-17-16(19-15-9-10-15)18-11-13(3)14-7-5-12(2)6-8-14;/h5-8,13,15H,4,9-11H2,1-3H3,(H2,17,18,19);1H. The van der Waals surface area contributed by atoms with Crippen molar-refractivity contribution in [1.29, 1.82) is 0 Å². The first kappa shape index (κ1) is 17.3. The van der Waals surface area contributed by atoms with Crippen LogP contribution in [-0.4, -0.2) is 25.1 Å². The van der Waals surface area contributed by atoms with Crippen molar-refractivity contribution in [3.8, 4) is 0 Å². The molecule has 1 aliphatic carbocycles. The Morgan fingerprint density at radius 3 is 2.50 bits per heavy atom. The van der Waals surface area contributed by atoms with E-state index in [-0.39, 0.29) is 24.0 Å². The third kappa shape index (κ3) is 5.69. The highest BCUT2D eigenvalue weighted by Crippen LogP contribution is 2.19. The molecule has 2 rings (SSSR count). The molecule has 1 aromatic carbocycles. The third-order valence-corrected chi connectivity index (χ3v) is 3.43. The fourth-order valence-corrected chi connectivity index (χ4v) is 1.97. The quantitative estimate of drug-likeness (QED) is 0.462. The van der Waals surface area contributed by atoms with E-state index >= 15 is 0 Å². The van der Waals surface area contributed by atoms with E-state index in [9.17, 15) is 0 Å². The number of aryl methyl sites for hydroxylation is 1. The van der Waals surface area contributed by atoms with E-state index < -0.39 is 0 Å². The van der Waals surface area contributed by atoms with Crippen LogP contribution in [0.2, 0.25) is 0 Å². The molecule has 1 fully saturated rings. The third-order valence-electron chi connectivity index (χ3n) is 3.43. The number of nitrogens with zero attached hydrogens (tertiary/aromatic N) is 1. The first-order chi connectivity index (χ1) is 9.19. The molecule has 1 aromatic rings. The lowest BCUT2D eigenvalue weighted by atomic mass is 10.0. The van der Waals surface area contributed by atoms with Crippen molar-refractivity contribution in [1.82, 2.24) is 10.6 Å². The molecule has 0 aliphatic heterocycles. The van der Waals surface area contributed by atoms with Gasteiger partial charge in [-0.05, 0) is 32.3 Å². The Labute approximate surface area is 139 Å². The minimum Gasteiger partial charge on any atom is -0.357 e. The molecule has 3 nitrogen and oxygen atoms in total. The van der Waals surface area contributed by atoms with Gasteiger partial charge in [0.15, 0.2) is 5.96 Å². The van der Waals surface area contributed by atoms with Crippen molar-refractivity contribution in [3.05, 3.63) is 35.4 Å². The molecule has 0 radical (unpaired) electrons. The fraction of sp³-hybridized carbons (Fsp3) is 0.562. The Bertz CT molecular complexity index is 424. The van der Waals surface area contributed by atoms with Crippen LogP contribution in [0.25, 0.3) is 0 Å². The summed E-state index contributed by atoms with van der Waals surface area (Å²) in [5.41, 5.74) is 2.67. The largest absolute Gasteiger partial charge is 0.357 e. The summed E-state index contributed by atoms with van der Waals surface area (Å²) in [6.07, 6.45) is 2.55. The summed E-state index contributed by atoms with van der Waals surface area (Å²) in [7, 11) is 0. The molecule has 1 aliphatic rings. The van der Waals surface area contributed by atoms with Crippen LogP contribution in [0.15, 0.2) is 29.3 Å². The first-order valence-corrected chi connectivity index (χ1v) is 7.30. The summed E-state index contributed by atoms with van der Waals surface area (Å²) in [4.78, 5) is 4.69. The molecule has 1 unspecified atom stereocenters. The molecule has 0 aromatic heterocycles. The van der Waals surface area contributed by atoms with Gasteiger partial charge in [-0.2, -0.15) is 0 Å². The zero-order chi connectivity index (χ0) is 13.7. The number of guanidine groups is 1. The lowest BCUT2D eigenvalue weighted by Gasteiger charge is -2.13. The maximum absolute atomic E-state index is 4.69. The van der Waals surface area contributed by atoms with Crippen molar-refractivity contribution < 1.29 is 0 Å². The average Bonchev–Trinajstić information content (AvgIpc) is 3.21. The zero-order valence-corrected chi connectivity index (χ0v) is 15.0. The van der Waals surface area contributed by atoms with E-state index in [2.05, 4.69) is 60.7 Å². The number of aliphatic imine (C=N–C) groups is 1. The van der Waals surface area contributed by atoms with Gasteiger partial charge >= 0.3 is 0 Å². The Balaban J connectivity index is 0.00000200. The van der Waals surface area contributed by atoms with Crippen LogP contribution in [0, 0.1) is 6.92 Å². The Kier molecular flexibility index (Phi) is 7.34. The maximum Gasteiger partial charge on any atom is 0.191 e. The van der Waals surface area contributed by atoms with Crippen molar-refractivity contribution in [2.75, 3.05) is 13.1 Å². The Hall–Kier alpha value is -0.780. The van der Waals surface area contributed by atoms with E-state index in [0.717, 1.165) is 19.0 Å². The summed E-state index contributed by atoms with van der Waals surface area (Å²) >= 11 is 0. The molecule has 0 heterocycles. The van der Waals surface area contributed by atoms with Crippen molar-refractivity contribution in [3.63, 3.8) is 0 Å². The van der Waals surface area contributed by atoms with E-state index in [0.29, 0.717) is 12.0 Å². The van der Waals surface area contributed by atoms with Crippen LogP contribution in [0.4, 0.5) is 0 Å². The van der Waals surface area contributed by atoms with Crippen LogP contribution < -0.4 is 10.6 Å². The van der Waals surface area contributed by atoms with Gasteiger partial charge in [0, 0.05) is 25.0 Å². The molecule has 0 spiro atoms. The van der Waals surface area contributed by atoms with Gasteiger partial charge in [-0.15, -0.1) is 24.0 Å².